The van der Waals surface area contributed by atoms with E-state index in [9.17, 15) is 0 Å². The first-order chi connectivity index (χ1) is 8.78. The Labute approximate surface area is 107 Å². The molecule has 0 fully saturated rings. The van der Waals surface area contributed by atoms with E-state index in [1.54, 1.807) is 6.20 Å². The lowest BCUT2D eigenvalue weighted by Gasteiger charge is -2.07. The van der Waals surface area contributed by atoms with Crippen molar-refractivity contribution in [1.29, 1.82) is 0 Å². The second kappa shape index (κ2) is 6.17. The van der Waals surface area contributed by atoms with E-state index in [-0.39, 0.29) is 0 Å². The van der Waals surface area contributed by atoms with Crippen molar-refractivity contribution in [2.75, 3.05) is 6.61 Å². The number of hydrogen-bond donors (Lipinski definition) is 0. The van der Waals surface area contributed by atoms with E-state index in [0.29, 0.717) is 13.2 Å². The molecule has 0 saturated carbocycles. The maximum Gasteiger partial charge on any atom is 0.145 e. The SMILES string of the molecule is CCOCc1cccc(Oc2ccc(C)nc2)c1. The van der Waals surface area contributed by atoms with Crippen LogP contribution in [0, 0.1) is 6.92 Å². The van der Waals surface area contributed by atoms with Crippen molar-refractivity contribution in [3.8, 4) is 11.5 Å². The van der Waals surface area contributed by atoms with Crippen LogP contribution in [-0.2, 0) is 11.3 Å². The van der Waals surface area contributed by atoms with Crippen molar-refractivity contribution in [2.24, 2.45) is 0 Å². The highest BCUT2D eigenvalue weighted by Crippen LogP contribution is 2.21. The standard InChI is InChI=1S/C15H17NO2/c1-3-17-11-13-5-4-6-14(9-13)18-15-8-7-12(2)16-10-15/h4-10H,3,11H2,1-2H3. The van der Waals surface area contributed by atoms with E-state index in [4.69, 9.17) is 9.47 Å². The van der Waals surface area contributed by atoms with E-state index < -0.39 is 0 Å². The Hall–Kier alpha value is -1.87. The average Bonchev–Trinajstić information content (AvgIpc) is 2.40. The van der Waals surface area contributed by atoms with E-state index in [2.05, 4.69) is 4.98 Å². The molecule has 0 radical (unpaired) electrons. The van der Waals surface area contributed by atoms with Crippen molar-refractivity contribution in [1.82, 2.24) is 4.98 Å². The van der Waals surface area contributed by atoms with Crippen LogP contribution in [0.1, 0.15) is 18.2 Å². The molecule has 18 heavy (non-hydrogen) atoms. The summed E-state index contributed by atoms with van der Waals surface area (Å²) in [4.78, 5) is 4.20. The van der Waals surface area contributed by atoms with Gasteiger partial charge in [0.2, 0.25) is 0 Å². The molecule has 2 aromatic rings. The lowest BCUT2D eigenvalue weighted by molar-refractivity contribution is 0.134. The molecule has 3 nitrogen and oxygen atoms in total. The number of nitrogens with zero attached hydrogens (tertiary/aromatic N) is 1. The fourth-order valence-electron chi connectivity index (χ4n) is 1.57. The maximum atomic E-state index is 5.74. The van der Waals surface area contributed by atoms with Gasteiger partial charge in [-0.2, -0.15) is 0 Å². The quantitative estimate of drug-likeness (QED) is 0.802. The van der Waals surface area contributed by atoms with Crippen molar-refractivity contribution >= 4 is 0 Å². The lowest BCUT2D eigenvalue weighted by atomic mass is 10.2. The van der Waals surface area contributed by atoms with E-state index in [1.165, 1.54) is 0 Å². The molecular formula is C15H17NO2. The predicted octanol–water partition coefficient (Wildman–Crippen LogP) is 3.72. The van der Waals surface area contributed by atoms with Gasteiger partial charge in [-0.25, -0.2) is 0 Å². The van der Waals surface area contributed by atoms with Gasteiger partial charge in [0.1, 0.15) is 11.5 Å². The lowest BCUT2D eigenvalue weighted by Crippen LogP contribution is -1.92. The molecule has 0 aliphatic carbocycles. The third-order valence-electron chi connectivity index (χ3n) is 2.49. The van der Waals surface area contributed by atoms with Gasteiger partial charge >= 0.3 is 0 Å². The molecule has 0 spiro atoms. The monoisotopic (exact) mass is 243 g/mol. The summed E-state index contributed by atoms with van der Waals surface area (Å²) < 4.78 is 11.1. The number of ether oxygens (including phenoxy) is 2. The van der Waals surface area contributed by atoms with E-state index in [0.717, 1.165) is 22.8 Å². The summed E-state index contributed by atoms with van der Waals surface area (Å²) in [5, 5.41) is 0. The summed E-state index contributed by atoms with van der Waals surface area (Å²) in [6.07, 6.45) is 1.73. The van der Waals surface area contributed by atoms with Crippen LogP contribution in [0.15, 0.2) is 42.6 Å². The molecule has 0 saturated heterocycles. The second-order valence-electron chi connectivity index (χ2n) is 4.02. The molecule has 3 heteroatoms. The minimum atomic E-state index is 0.611. The molecule has 0 aliphatic rings. The van der Waals surface area contributed by atoms with Gasteiger partial charge in [0.25, 0.3) is 0 Å². The fourth-order valence-corrected chi connectivity index (χ4v) is 1.57. The molecule has 2 rings (SSSR count). The number of benzene rings is 1. The van der Waals surface area contributed by atoms with Crippen LogP contribution in [0.4, 0.5) is 0 Å². The number of rotatable bonds is 5. The Kier molecular flexibility index (Phi) is 4.31. The normalized spacial score (nSPS) is 10.3. The summed E-state index contributed by atoms with van der Waals surface area (Å²) in [5.74, 6) is 1.55. The number of hydrogen-bond acceptors (Lipinski definition) is 3. The number of aromatic nitrogens is 1. The molecule has 0 bridgehead atoms. The highest BCUT2D eigenvalue weighted by atomic mass is 16.5. The smallest absolute Gasteiger partial charge is 0.145 e. The summed E-state index contributed by atoms with van der Waals surface area (Å²) in [6.45, 7) is 5.26. The predicted molar refractivity (Wildman–Crippen MR) is 70.8 cm³/mol. The van der Waals surface area contributed by atoms with Crippen molar-refractivity contribution in [3.05, 3.63) is 53.9 Å². The molecule has 94 valence electrons. The van der Waals surface area contributed by atoms with Crippen LogP contribution in [0.5, 0.6) is 11.5 Å². The van der Waals surface area contributed by atoms with Crippen LogP contribution in [0.25, 0.3) is 0 Å². The highest BCUT2D eigenvalue weighted by Gasteiger charge is 1.99. The zero-order chi connectivity index (χ0) is 12.8. The topological polar surface area (TPSA) is 31.4 Å². The van der Waals surface area contributed by atoms with Crippen LogP contribution < -0.4 is 4.74 Å². The summed E-state index contributed by atoms with van der Waals surface area (Å²) >= 11 is 0. The Morgan fingerprint density at radius 2 is 2.00 bits per heavy atom. The first kappa shape index (κ1) is 12.6. The van der Waals surface area contributed by atoms with Crippen LogP contribution in [0.2, 0.25) is 0 Å². The van der Waals surface area contributed by atoms with Crippen LogP contribution in [0.3, 0.4) is 0 Å². The zero-order valence-electron chi connectivity index (χ0n) is 10.7. The van der Waals surface area contributed by atoms with Crippen molar-refractivity contribution in [2.45, 2.75) is 20.5 Å². The third kappa shape index (κ3) is 3.57. The van der Waals surface area contributed by atoms with Gasteiger partial charge < -0.3 is 9.47 Å². The van der Waals surface area contributed by atoms with Gasteiger partial charge in [-0.05, 0) is 43.7 Å². The van der Waals surface area contributed by atoms with Crippen molar-refractivity contribution < 1.29 is 9.47 Å². The van der Waals surface area contributed by atoms with E-state index in [1.807, 2.05) is 50.2 Å². The van der Waals surface area contributed by atoms with Crippen LogP contribution in [-0.4, -0.2) is 11.6 Å². The van der Waals surface area contributed by atoms with Gasteiger partial charge in [0, 0.05) is 12.3 Å². The van der Waals surface area contributed by atoms with Gasteiger partial charge in [-0.15, -0.1) is 0 Å². The van der Waals surface area contributed by atoms with Gasteiger partial charge in [-0.3, -0.25) is 4.98 Å². The van der Waals surface area contributed by atoms with Gasteiger partial charge in [0.05, 0.1) is 12.8 Å². The molecule has 0 unspecified atom stereocenters. The Morgan fingerprint density at radius 3 is 2.72 bits per heavy atom. The molecular weight excluding hydrogens is 226 g/mol. The Balaban J connectivity index is 2.06. The van der Waals surface area contributed by atoms with Crippen LogP contribution >= 0.6 is 0 Å². The Bertz CT molecular complexity index is 494. The molecule has 0 amide bonds. The molecule has 0 aliphatic heterocycles. The molecule has 1 aromatic carbocycles. The largest absolute Gasteiger partial charge is 0.456 e. The first-order valence-electron chi connectivity index (χ1n) is 6.05. The molecule has 1 aromatic heterocycles. The molecule has 1 heterocycles. The first-order valence-corrected chi connectivity index (χ1v) is 6.05. The fraction of sp³-hybridized carbons (Fsp3) is 0.267. The van der Waals surface area contributed by atoms with E-state index >= 15 is 0 Å². The maximum absolute atomic E-state index is 5.74. The number of aryl methyl sites for hydroxylation is 1. The minimum absolute atomic E-state index is 0.611. The zero-order valence-corrected chi connectivity index (χ0v) is 10.7. The minimum Gasteiger partial charge on any atom is -0.456 e. The molecule has 0 N–H and O–H groups in total. The summed E-state index contributed by atoms with van der Waals surface area (Å²) in [7, 11) is 0. The average molecular weight is 243 g/mol. The number of pyridine rings is 1. The second-order valence-corrected chi connectivity index (χ2v) is 4.02. The molecule has 0 atom stereocenters. The summed E-state index contributed by atoms with van der Waals surface area (Å²) in [6, 6.07) is 11.7. The Morgan fingerprint density at radius 1 is 1.11 bits per heavy atom. The van der Waals surface area contributed by atoms with Gasteiger partial charge in [-0.1, -0.05) is 12.1 Å². The van der Waals surface area contributed by atoms with Gasteiger partial charge in [0.15, 0.2) is 0 Å². The summed E-state index contributed by atoms with van der Waals surface area (Å²) in [5.41, 5.74) is 2.09. The van der Waals surface area contributed by atoms with Crippen molar-refractivity contribution in [3.63, 3.8) is 0 Å². The third-order valence-corrected chi connectivity index (χ3v) is 2.49. The highest BCUT2D eigenvalue weighted by molar-refractivity contribution is 5.33.